The zero-order chi connectivity index (χ0) is 19.1. The quantitative estimate of drug-likeness (QED) is 0.585. The summed E-state index contributed by atoms with van der Waals surface area (Å²) in [5.41, 5.74) is -1.38. The normalized spacial score (nSPS) is 11.6. The lowest BCUT2D eigenvalue weighted by atomic mass is 10.2. The molecule has 0 atom stereocenters. The van der Waals surface area contributed by atoms with Crippen LogP contribution < -0.4 is 10.4 Å². The SMILES string of the molecule is O=c1nc(-c2c(F)cccc2F)sn1-c1ccc(OC(F)(F)F)cc1Cl. The molecule has 0 spiro atoms. The maximum Gasteiger partial charge on any atom is 0.573 e. The molecule has 0 N–H and O–H groups in total. The van der Waals surface area contributed by atoms with E-state index in [1.807, 2.05) is 0 Å². The maximum atomic E-state index is 13.8. The number of nitrogens with zero attached hydrogens (tertiary/aromatic N) is 2. The van der Waals surface area contributed by atoms with Gasteiger partial charge in [-0.25, -0.2) is 17.5 Å². The topological polar surface area (TPSA) is 44.1 Å². The van der Waals surface area contributed by atoms with E-state index in [1.165, 1.54) is 0 Å². The predicted octanol–water partition coefficient (Wildman–Crippen LogP) is 4.79. The molecule has 0 aliphatic heterocycles. The first-order valence-corrected chi connectivity index (χ1v) is 7.91. The van der Waals surface area contributed by atoms with Crippen molar-refractivity contribution in [1.82, 2.24) is 8.94 Å². The first kappa shape index (κ1) is 18.3. The molecule has 0 unspecified atom stereocenters. The number of halogens is 6. The summed E-state index contributed by atoms with van der Waals surface area (Å²) in [6, 6.07) is 6.08. The summed E-state index contributed by atoms with van der Waals surface area (Å²) in [6.45, 7) is 0. The van der Waals surface area contributed by atoms with E-state index in [2.05, 4.69) is 9.72 Å². The summed E-state index contributed by atoms with van der Waals surface area (Å²) in [6.07, 6.45) is -4.90. The standard InChI is InChI=1S/C15H6ClF5N2O2S/c16-8-6-7(25-15(19,20)21)4-5-11(8)23-14(24)22-13(26-23)12-9(17)2-1-3-10(12)18/h1-6H. The fourth-order valence-corrected chi connectivity index (χ4v) is 3.34. The lowest BCUT2D eigenvalue weighted by Gasteiger charge is -2.10. The molecule has 0 saturated carbocycles. The molecule has 3 aromatic rings. The van der Waals surface area contributed by atoms with E-state index in [9.17, 15) is 26.7 Å². The molecular weight excluding hydrogens is 403 g/mol. The third-order valence-corrected chi connectivity index (χ3v) is 4.40. The van der Waals surface area contributed by atoms with E-state index in [0.29, 0.717) is 11.5 Å². The molecule has 2 aromatic carbocycles. The molecule has 0 bridgehead atoms. The highest BCUT2D eigenvalue weighted by atomic mass is 35.5. The van der Waals surface area contributed by atoms with Crippen molar-refractivity contribution >= 4 is 23.1 Å². The first-order chi connectivity index (χ1) is 12.2. The lowest BCUT2D eigenvalue weighted by molar-refractivity contribution is -0.274. The lowest BCUT2D eigenvalue weighted by Crippen LogP contribution is -2.17. The second-order valence-electron chi connectivity index (χ2n) is 4.84. The molecule has 26 heavy (non-hydrogen) atoms. The van der Waals surface area contributed by atoms with Gasteiger partial charge in [0.1, 0.15) is 17.4 Å². The Morgan fingerprint density at radius 3 is 2.35 bits per heavy atom. The number of hydrogen-bond donors (Lipinski definition) is 0. The van der Waals surface area contributed by atoms with Gasteiger partial charge in [-0.1, -0.05) is 17.7 Å². The van der Waals surface area contributed by atoms with Crippen LogP contribution in [0.3, 0.4) is 0 Å². The van der Waals surface area contributed by atoms with Gasteiger partial charge in [0.05, 0.1) is 16.3 Å². The number of benzene rings is 2. The van der Waals surface area contributed by atoms with E-state index >= 15 is 0 Å². The molecule has 4 nitrogen and oxygen atoms in total. The largest absolute Gasteiger partial charge is 0.573 e. The fourth-order valence-electron chi connectivity index (χ4n) is 2.08. The monoisotopic (exact) mass is 408 g/mol. The highest BCUT2D eigenvalue weighted by Crippen LogP contribution is 2.32. The molecule has 11 heteroatoms. The van der Waals surface area contributed by atoms with Crippen molar-refractivity contribution < 1.29 is 26.7 Å². The summed E-state index contributed by atoms with van der Waals surface area (Å²) in [5, 5.41) is -0.477. The smallest absolute Gasteiger partial charge is 0.406 e. The van der Waals surface area contributed by atoms with Crippen molar-refractivity contribution in [2.75, 3.05) is 0 Å². The zero-order valence-corrected chi connectivity index (χ0v) is 13.9. The van der Waals surface area contributed by atoms with Crippen LogP contribution in [0.5, 0.6) is 5.75 Å². The highest BCUT2D eigenvalue weighted by Gasteiger charge is 2.31. The average molecular weight is 409 g/mol. The molecular formula is C15H6ClF5N2O2S. The number of alkyl halides is 3. The predicted molar refractivity (Wildman–Crippen MR) is 84.8 cm³/mol. The molecule has 3 rings (SSSR count). The van der Waals surface area contributed by atoms with Crippen molar-refractivity contribution in [3.05, 3.63) is 63.5 Å². The van der Waals surface area contributed by atoms with Crippen LogP contribution in [0, 0.1) is 11.6 Å². The number of hydrogen-bond acceptors (Lipinski definition) is 4. The van der Waals surface area contributed by atoms with Gasteiger partial charge in [0.2, 0.25) is 0 Å². The van der Waals surface area contributed by atoms with Crippen molar-refractivity contribution in [3.63, 3.8) is 0 Å². The van der Waals surface area contributed by atoms with E-state index in [0.717, 1.165) is 40.4 Å². The second-order valence-corrected chi connectivity index (χ2v) is 6.18. The Kier molecular flexibility index (Phi) is 4.72. The zero-order valence-electron chi connectivity index (χ0n) is 12.4. The minimum atomic E-state index is -4.90. The van der Waals surface area contributed by atoms with Crippen LogP contribution in [-0.2, 0) is 0 Å². The summed E-state index contributed by atoms with van der Waals surface area (Å²) < 4.78 is 69.0. The molecule has 0 aliphatic rings. The Labute approximate surface area is 151 Å². The Bertz CT molecular complexity index is 1010. The van der Waals surface area contributed by atoms with Crippen molar-refractivity contribution in [1.29, 1.82) is 0 Å². The molecule has 0 radical (unpaired) electrons. The van der Waals surface area contributed by atoms with Gasteiger partial charge >= 0.3 is 12.1 Å². The van der Waals surface area contributed by atoms with Crippen LogP contribution in [0.15, 0.2) is 41.2 Å². The van der Waals surface area contributed by atoms with Crippen LogP contribution in [0.1, 0.15) is 0 Å². The summed E-state index contributed by atoms with van der Waals surface area (Å²) in [7, 11) is 0. The average Bonchev–Trinajstić information content (AvgIpc) is 2.87. The Morgan fingerprint density at radius 1 is 1.12 bits per heavy atom. The van der Waals surface area contributed by atoms with Crippen LogP contribution in [0.25, 0.3) is 16.3 Å². The Morgan fingerprint density at radius 2 is 1.77 bits per heavy atom. The number of rotatable bonds is 3. The minimum Gasteiger partial charge on any atom is -0.406 e. The molecule has 0 fully saturated rings. The van der Waals surface area contributed by atoms with E-state index in [-0.39, 0.29) is 15.7 Å². The maximum absolute atomic E-state index is 13.8. The Hall–Kier alpha value is -2.46. The van der Waals surface area contributed by atoms with Crippen LogP contribution in [0.2, 0.25) is 5.02 Å². The van der Waals surface area contributed by atoms with Gasteiger partial charge in [-0.15, -0.1) is 13.2 Å². The minimum absolute atomic E-state index is 0.00770. The van der Waals surface area contributed by atoms with Crippen LogP contribution in [-0.4, -0.2) is 15.3 Å². The van der Waals surface area contributed by atoms with Gasteiger partial charge in [0.25, 0.3) is 0 Å². The number of ether oxygens (including phenoxy) is 1. The summed E-state index contributed by atoms with van der Waals surface area (Å²) in [4.78, 5) is 15.6. The van der Waals surface area contributed by atoms with E-state index in [4.69, 9.17) is 11.6 Å². The van der Waals surface area contributed by atoms with Crippen molar-refractivity contribution in [2.24, 2.45) is 0 Å². The highest BCUT2D eigenvalue weighted by molar-refractivity contribution is 7.10. The van der Waals surface area contributed by atoms with Crippen LogP contribution >= 0.6 is 23.1 Å². The molecule has 0 saturated heterocycles. The molecule has 1 heterocycles. The molecule has 1 aromatic heterocycles. The molecule has 0 aliphatic carbocycles. The van der Waals surface area contributed by atoms with E-state index in [1.54, 1.807) is 0 Å². The first-order valence-electron chi connectivity index (χ1n) is 6.76. The Balaban J connectivity index is 2.04. The van der Waals surface area contributed by atoms with Gasteiger partial charge in [0, 0.05) is 6.07 Å². The van der Waals surface area contributed by atoms with Crippen LogP contribution in [0.4, 0.5) is 22.0 Å². The van der Waals surface area contributed by atoms with Gasteiger partial charge < -0.3 is 4.74 Å². The third kappa shape index (κ3) is 3.70. The van der Waals surface area contributed by atoms with E-state index < -0.39 is 35.0 Å². The number of aromatic nitrogens is 2. The summed E-state index contributed by atoms with van der Waals surface area (Å²) in [5.74, 6) is -2.40. The second kappa shape index (κ2) is 6.69. The van der Waals surface area contributed by atoms with Crippen molar-refractivity contribution in [3.8, 4) is 22.0 Å². The van der Waals surface area contributed by atoms with Crippen molar-refractivity contribution in [2.45, 2.75) is 6.36 Å². The third-order valence-electron chi connectivity index (χ3n) is 3.10. The van der Waals surface area contributed by atoms with Gasteiger partial charge in [0.15, 0.2) is 5.01 Å². The molecule has 0 amide bonds. The molecule has 136 valence electrons. The van der Waals surface area contributed by atoms with Gasteiger partial charge in [-0.3, -0.25) is 0 Å². The fraction of sp³-hybridized carbons (Fsp3) is 0.0667. The summed E-state index contributed by atoms with van der Waals surface area (Å²) >= 11 is 6.50. The van der Waals surface area contributed by atoms with Gasteiger partial charge in [-0.2, -0.15) is 4.98 Å². The van der Waals surface area contributed by atoms with Gasteiger partial charge in [-0.05, 0) is 35.8 Å².